The lowest BCUT2D eigenvalue weighted by Crippen LogP contribution is -3.30. The number of quaternary nitrogens is 2. The van der Waals surface area contributed by atoms with Crippen LogP contribution in [-0.2, 0) is 4.79 Å². The van der Waals surface area contributed by atoms with Gasteiger partial charge in [0.05, 0.1) is 0 Å². The largest absolute Gasteiger partial charge is 0.488 e. The summed E-state index contributed by atoms with van der Waals surface area (Å²) in [5.41, 5.74) is 0. The van der Waals surface area contributed by atoms with Gasteiger partial charge in [-0.1, -0.05) is 11.6 Å². The molecule has 5 nitrogen and oxygen atoms in total. The zero-order valence-electron chi connectivity index (χ0n) is 13.3. The summed E-state index contributed by atoms with van der Waals surface area (Å²) in [7, 11) is 1.70. The highest BCUT2D eigenvalue weighted by Gasteiger charge is 2.30. The van der Waals surface area contributed by atoms with Gasteiger partial charge in [0.15, 0.2) is 6.04 Å². The highest BCUT2D eigenvalue weighted by molar-refractivity contribution is 6.30. The number of hydrogen-bond acceptors (Lipinski definition) is 2. The quantitative estimate of drug-likeness (QED) is 0.604. The van der Waals surface area contributed by atoms with Crippen LogP contribution < -0.4 is 19.9 Å². The molecule has 0 saturated carbocycles. The number of halogens is 1. The Morgan fingerprint density at radius 2 is 1.91 bits per heavy atom. The summed E-state index contributed by atoms with van der Waals surface area (Å²) in [6, 6.07) is 7.50. The summed E-state index contributed by atoms with van der Waals surface area (Å²) < 4.78 is 5.74. The minimum absolute atomic E-state index is 0.0388. The van der Waals surface area contributed by atoms with Crippen molar-refractivity contribution < 1.29 is 19.3 Å². The van der Waals surface area contributed by atoms with Crippen LogP contribution in [0.1, 0.15) is 6.92 Å². The summed E-state index contributed by atoms with van der Waals surface area (Å²) in [4.78, 5) is 14.6. The Morgan fingerprint density at radius 3 is 2.50 bits per heavy atom. The second kappa shape index (κ2) is 8.36. The Hall–Kier alpha value is -1.30. The first-order valence-corrected chi connectivity index (χ1v) is 8.26. The molecule has 0 radical (unpaired) electrons. The molecule has 1 aromatic carbocycles. The summed E-state index contributed by atoms with van der Waals surface area (Å²) in [5.74, 6) is 0.992. The number of ether oxygens (including phenoxy) is 1. The van der Waals surface area contributed by atoms with Gasteiger partial charge in [-0.2, -0.15) is 0 Å². The summed E-state index contributed by atoms with van der Waals surface area (Å²) in [5, 5.41) is 3.46. The molecule has 1 aromatic rings. The second-order valence-corrected chi connectivity index (χ2v) is 6.23. The standard InChI is InChI=1S/C16H24ClN3O2/c1-13(16(21)18-2)20-9-7-19(8-10-20)11-12-22-15-5-3-14(17)4-6-15/h3-6,13H,7-12H2,1-2H3,(H,18,21)/p+2/t13-/m0/s1. The van der Waals surface area contributed by atoms with Gasteiger partial charge in [-0.25, -0.2) is 0 Å². The first-order chi connectivity index (χ1) is 10.6. The maximum absolute atomic E-state index is 11.7. The fourth-order valence-electron chi connectivity index (χ4n) is 2.85. The lowest BCUT2D eigenvalue weighted by molar-refractivity contribution is -1.02. The Labute approximate surface area is 137 Å². The molecule has 1 heterocycles. The van der Waals surface area contributed by atoms with E-state index in [1.165, 1.54) is 4.90 Å². The molecule has 1 aliphatic rings. The molecule has 1 aliphatic heterocycles. The molecule has 122 valence electrons. The number of rotatable bonds is 6. The normalized spacial score (nSPS) is 22.9. The van der Waals surface area contributed by atoms with E-state index in [-0.39, 0.29) is 11.9 Å². The van der Waals surface area contributed by atoms with E-state index >= 15 is 0 Å². The van der Waals surface area contributed by atoms with E-state index in [1.54, 1.807) is 11.9 Å². The van der Waals surface area contributed by atoms with Crippen molar-refractivity contribution in [2.45, 2.75) is 13.0 Å². The average Bonchev–Trinajstić information content (AvgIpc) is 2.56. The first-order valence-electron chi connectivity index (χ1n) is 7.88. The number of likely N-dealkylation sites (N-methyl/N-ethyl adjacent to an activating group) is 1. The van der Waals surface area contributed by atoms with Crippen LogP contribution in [0.15, 0.2) is 24.3 Å². The van der Waals surface area contributed by atoms with Crippen LogP contribution in [0.3, 0.4) is 0 Å². The van der Waals surface area contributed by atoms with Crippen molar-refractivity contribution in [1.29, 1.82) is 0 Å². The van der Waals surface area contributed by atoms with E-state index in [2.05, 4.69) is 5.32 Å². The van der Waals surface area contributed by atoms with Gasteiger partial charge in [-0.3, -0.25) is 4.79 Å². The van der Waals surface area contributed by atoms with E-state index in [0.717, 1.165) is 43.5 Å². The summed E-state index contributed by atoms with van der Waals surface area (Å²) in [6.07, 6.45) is 0. The Balaban J connectivity index is 1.67. The van der Waals surface area contributed by atoms with E-state index in [4.69, 9.17) is 16.3 Å². The van der Waals surface area contributed by atoms with Crippen molar-refractivity contribution in [3.63, 3.8) is 0 Å². The zero-order valence-corrected chi connectivity index (χ0v) is 14.1. The van der Waals surface area contributed by atoms with Gasteiger partial charge in [0.25, 0.3) is 5.91 Å². The highest BCUT2D eigenvalue weighted by atomic mass is 35.5. The molecule has 0 spiro atoms. The average molecular weight is 328 g/mol. The van der Waals surface area contributed by atoms with Gasteiger partial charge in [0, 0.05) is 12.1 Å². The van der Waals surface area contributed by atoms with E-state index in [1.807, 2.05) is 31.2 Å². The number of carbonyl (C=O) groups is 1. The van der Waals surface area contributed by atoms with Crippen molar-refractivity contribution in [1.82, 2.24) is 5.32 Å². The molecule has 1 saturated heterocycles. The maximum Gasteiger partial charge on any atom is 0.277 e. The number of hydrogen-bond donors (Lipinski definition) is 3. The molecule has 1 atom stereocenters. The lowest BCUT2D eigenvalue weighted by atomic mass is 10.2. The molecule has 0 aliphatic carbocycles. The topological polar surface area (TPSA) is 47.2 Å². The van der Waals surface area contributed by atoms with Gasteiger partial charge in [-0.05, 0) is 31.2 Å². The third-order valence-electron chi connectivity index (χ3n) is 4.39. The van der Waals surface area contributed by atoms with E-state index in [9.17, 15) is 4.79 Å². The molecule has 1 amide bonds. The Kier molecular flexibility index (Phi) is 6.49. The van der Waals surface area contributed by atoms with Crippen molar-refractivity contribution in [2.24, 2.45) is 0 Å². The third-order valence-corrected chi connectivity index (χ3v) is 4.64. The fraction of sp³-hybridized carbons (Fsp3) is 0.562. The van der Waals surface area contributed by atoms with Gasteiger partial charge < -0.3 is 19.9 Å². The second-order valence-electron chi connectivity index (χ2n) is 5.80. The van der Waals surface area contributed by atoms with Crippen LogP contribution in [0.5, 0.6) is 5.75 Å². The van der Waals surface area contributed by atoms with Crippen LogP contribution >= 0.6 is 11.6 Å². The predicted molar refractivity (Wildman–Crippen MR) is 86.7 cm³/mol. The number of amides is 1. The van der Waals surface area contributed by atoms with Gasteiger partial charge in [0.1, 0.15) is 45.1 Å². The summed E-state index contributed by atoms with van der Waals surface area (Å²) in [6.45, 7) is 7.93. The molecule has 0 aromatic heterocycles. The highest BCUT2D eigenvalue weighted by Crippen LogP contribution is 2.14. The molecule has 3 N–H and O–H groups in total. The van der Waals surface area contributed by atoms with Crippen LogP contribution in [-0.4, -0.2) is 58.3 Å². The van der Waals surface area contributed by atoms with Crippen molar-refractivity contribution >= 4 is 17.5 Å². The van der Waals surface area contributed by atoms with Crippen LogP contribution in [0.2, 0.25) is 5.02 Å². The third kappa shape index (κ3) is 4.87. The molecular weight excluding hydrogens is 302 g/mol. The van der Waals surface area contributed by atoms with Crippen molar-refractivity contribution in [2.75, 3.05) is 46.4 Å². The Bertz CT molecular complexity index is 473. The minimum Gasteiger partial charge on any atom is -0.488 e. The molecule has 0 unspecified atom stereocenters. The summed E-state index contributed by atoms with van der Waals surface area (Å²) >= 11 is 5.85. The van der Waals surface area contributed by atoms with Crippen LogP contribution in [0, 0.1) is 0 Å². The number of piperazine rings is 1. The zero-order chi connectivity index (χ0) is 15.9. The van der Waals surface area contributed by atoms with Crippen LogP contribution in [0.25, 0.3) is 0 Å². The predicted octanol–water partition coefficient (Wildman–Crippen LogP) is -1.36. The Morgan fingerprint density at radius 1 is 1.27 bits per heavy atom. The van der Waals surface area contributed by atoms with Crippen molar-refractivity contribution in [3.8, 4) is 5.75 Å². The van der Waals surface area contributed by atoms with Gasteiger partial charge in [0.2, 0.25) is 0 Å². The molecule has 0 bridgehead atoms. The lowest BCUT2D eigenvalue weighted by Gasteiger charge is -2.32. The SMILES string of the molecule is CNC(=O)[C@H](C)[NH+]1CC[NH+](CCOc2ccc(Cl)cc2)CC1. The number of carbonyl (C=O) groups excluding carboxylic acids is 1. The van der Waals surface area contributed by atoms with Gasteiger partial charge >= 0.3 is 0 Å². The smallest absolute Gasteiger partial charge is 0.277 e. The monoisotopic (exact) mass is 327 g/mol. The molecule has 2 rings (SSSR count). The number of benzene rings is 1. The maximum atomic E-state index is 11.7. The van der Waals surface area contributed by atoms with Gasteiger partial charge in [-0.15, -0.1) is 0 Å². The molecule has 6 heteroatoms. The minimum atomic E-state index is 0.0388. The fourth-order valence-corrected chi connectivity index (χ4v) is 2.98. The van der Waals surface area contributed by atoms with E-state index < -0.39 is 0 Å². The van der Waals surface area contributed by atoms with Crippen molar-refractivity contribution in [3.05, 3.63) is 29.3 Å². The molecular formula is C16H26ClN3O2+2. The number of nitrogens with one attached hydrogen (secondary N) is 3. The first kappa shape index (κ1) is 17.1. The molecule has 22 heavy (non-hydrogen) atoms. The van der Waals surface area contributed by atoms with E-state index in [0.29, 0.717) is 6.61 Å². The van der Waals surface area contributed by atoms with Crippen LogP contribution in [0.4, 0.5) is 0 Å². The molecule has 1 fully saturated rings.